The molecule has 0 aromatic heterocycles. The third-order valence-corrected chi connectivity index (χ3v) is 9.44. The van der Waals surface area contributed by atoms with Crippen molar-refractivity contribution >= 4 is 11.6 Å². The molecule has 5 atom stereocenters. The van der Waals surface area contributed by atoms with Gasteiger partial charge >= 0.3 is 0 Å². The number of ether oxygens (including phenoxy) is 4. The van der Waals surface area contributed by atoms with Crippen LogP contribution in [0.1, 0.15) is 60.1 Å². The number of rotatable bonds is 13. The summed E-state index contributed by atoms with van der Waals surface area (Å²) in [6, 6.07) is 34.8. The molecule has 230 valence electrons. The van der Waals surface area contributed by atoms with Crippen molar-refractivity contribution in [3.8, 4) is 5.75 Å². The van der Waals surface area contributed by atoms with Gasteiger partial charge in [-0.2, -0.15) is 0 Å². The summed E-state index contributed by atoms with van der Waals surface area (Å²) in [7, 11) is 0. The number of aliphatic hydroxyl groups excluding tert-OH is 1. The van der Waals surface area contributed by atoms with Crippen molar-refractivity contribution in [1.82, 2.24) is 0 Å². The summed E-state index contributed by atoms with van der Waals surface area (Å²) in [5.74, 6) is 0.988. The Balaban J connectivity index is 1.33. The van der Waals surface area contributed by atoms with E-state index < -0.39 is 5.60 Å². The lowest BCUT2D eigenvalue weighted by molar-refractivity contribution is -0.311. The summed E-state index contributed by atoms with van der Waals surface area (Å²) in [6.07, 6.45) is 2.16. The van der Waals surface area contributed by atoms with E-state index in [9.17, 15) is 5.11 Å². The first kappa shape index (κ1) is 30.8. The van der Waals surface area contributed by atoms with Crippen molar-refractivity contribution in [3.63, 3.8) is 0 Å². The monoisotopic (exact) mass is 612 g/mol. The molecule has 1 aliphatic heterocycles. The molecule has 2 fully saturated rings. The molecular weight excluding hydrogens is 572 g/mol. The lowest BCUT2D eigenvalue weighted by Crippen LogP contribution is -2.64. The standard InChI is InChI=1S/C38H41ClO5/c1-2-41-32-16-13-27(14-17-32)23-31-24-30(15-18-34(31)39)35-37(43-26-29-11-7-4-8-12-29)36(42-25-28-9-5-3-6-10-28)33-19-20-38(33,44-35)21-22-40/h3-18,24,33,35-37,40H,2,19-23,25-26H2,1H3. The molecule has 1 aliphatic carbocycles. The minimum Gasteiger partial charge on any atom is -0.494 e. The van der Waals surface area contributed by atoms with Crippen LogP contribution in [-0.2, 0) is 33.8 Å². The second-order valence-electron chi connectivity index (χ2n) is 11.8. The van der Waals surface area contributed by atoms with Crippen molar-refractivity contribution in [3.05, 3.63) is 136 Å². The van der Waals surface area contributed by atoms with Crippen molar-refractivity contribution in [2.75, 3.05) is 13.2 Å². The van der Waals surface area contributed by atoms with Crippen LogP contribution >= 0.6 is 11.6 Å². The highest BCUT2D eigenvalue weighted by atomic mass is 35.5. The number of benzene rings is 4. The van der Waals surface area contributed by atoms with Gasteiger partial charge in [-0.1, -0.05) is 96.5 Å². The largest absolute Gasteiger partial charge is 0.494 e. The first-order valence-electron chi connectivity index (χ1n) is 15.7. The first-order valence-corrected chi connectivity index (χ1v) is 16.1. The van der Waals surface area contributed by atoms with Gasteiger partial charge in [0.05, 0.1) is 31.5 Å². The molecule has 4 aromatic carbocycles. The van der Waals surface area contributed by atoms with E-state index in [2.05, 4.69) is 42.5 Å². The van der Waals surface area contributed by atoms with Gasteiger partial charge in [-0.05, 0) is 78.6 Å². The average Bonchev–Trinajstić information content (AvgIpc) is 3.04. The van der Waals surface area contributed by atoms with E-state index in [1.165, 1.54) is 0 Å². The van der Waals surface area contributed by atoms with Crippen LogP contribution in [0.15, 0.2) is 103 Å². The topological polar surface area (TPSA) is 57.2 Å². The van der Waals surface area contributed by atoms with Crippen molar-refractivity contribution in [1.29, 1.82) is 0 Å². The van der Waals surface area contributed by atoms with Crippen LogP contribution in [0.4, 0.5) is 0 Å². The normalized spacial score (nSPS) is 24.3. The zero-order valence-electron chi connectivity index (χ0n) is 25.2. The Morgan fingerprint density at radius 2 is 1.48 bits per heavy atom. The van der Waals surface area contributed by atoms with Gasteiger partial charge < -0.3 is 24.1 Å². The molecule has 6 rings (SSSR count). The minimum absolute atomic E-state index is 0.0633. The van der Waals surface area contributed by atoms with E-state index in [-0.39, 0.29) is 30.8 Å². The Kier molecular flexibility index (Phi) is 10.00. The Morgan fingerprint density at radius 3 is 2.07 bits per heavy atom. The summed E-state index contributed by atoms with van der Waals surface area (Å²) in [4.78, 5) is 0. The summed E-state index contributed by atoms with van der Waals surface area (Å²) >= 11 is 6.78. The molecule has 4 aromatic rings. The van der Waals surface area contributed by atoms with E-state index in [1.54, 1.807) is 0 Å². The van der Waals surface area contributed by atoms with Crippen LogP contribution < -0.4 is 4.74 Å². The molecule has 0 bridgehead atoms. The van der Waals surface area contributed by atoms with Crippen LogP contribution in [0.2, 0.25) is 5.02 Å². The van der Waals surface area contributed by atoms with Crippen LogP contribution in [0.3, 0.4) is 0 Å². The molecule has 0 spiro atoms. The second kappa shape index (κ2) is 14.3. The fourth-order valence-electron chi connectivity index (χ4n) is 6.70. The summed E-state index contributed by atoms with van der Waals surface area (Å²) in [5, 5.41) is 10.8. The fraction of sp³-hybridized carbons (Fsp3) is 0.368. The molecule has 44 heavy (non-hydrogen) atoms. The molecule has 1 saturated carbocycles. The molecular formula is C38H41ClO5. The smallest absolute Gasteiger partial charge is 0.119 e. The Bertz CT molecular complexity index is 1480. The number of aliphatic hydroxyl groups is 1. The van der Waals surface area contributed by atoms with Crippen LogP contribution in [-0.4, -0.2) is 36.1 Å². The second-order valence-corrected chi connectivity index (χ2v) is 12.3. The van der Waals surface area contributed by atoms with Crippen molar-refractivity contribution < 1.29 is 24.1 Å². The average molecular weight is 613 g/mol. The Morgan fingerprint density at radius 1 is 0.818 bits per heavy atom. The van der Waals surface area contributed by atoms with Crippen LogP contribution in [0.5, 0.6) is 5.75 Å². The van der Waals surface area contributed by atoms with Gasteiger partial charge in [-0.15, -0.1) is 0 Å². The maximum absolute atomic E-state index is 10.1. The SMILES string of the molecule is CCOc1ccc(Cc2cc(C3OC4(CCO)CCC4C(OCc4ccccc4)C3OCc3ccccc3)ccc2Cl)cc1. The lowest BCUT2D eigenvalue weighted by Gasteiger charge is -2.59. The van der Waals surface area contributed by atoms with Gasteiger partial charge in [0.1, 0.15) is 18.0 Å². The van der Waals surface area contributed by atoms with Crippen LogP contribution in [0, 0.1) is 5.92 Å². The van der Waals surface area contributed by atoms with E-state index in [1.807, 2.05) is 67.6 Å². The van der Waals surface area contributed by atoms with Gasteiger partial charge in [0, 0.05) is 17.5 Å². The van der Waals surface area contributed by atoms with Gasteiger partial charge in [0.25, 0.3) is 0 Å². The number of fused-ring (bicyclic) bond motifs is 1. The Labute approximate surface area is 265 Å². The summed E-state index contributed by atoms with van der Waals surface area (Å²) < 4.78 is 26.2. The van der Waals surface area contributed by atoms with Gasteiger partial charge in [0.15, 0.2) is 0 Å². The fourth-order valence-corrected chi connectivity index (χ4v) is 6.89. The first-order chi connectivity index (χ1) is 21.6. The van der Waals surface area contributed by atoms with E-state index >= 15 is 0 Å². The number of hydrogen-bond donors (Lipinski definition) is 1. The highest BCUT2D eigenvalue weighted by Gasteiger charge is 2.60. The van der Waals surface area contributed by atoms with Crippen molar-refractivity contribution in [2.45, 2.75) is 69.7 Å². The third kappa shape index (κ3) is 6.88. The summed E-state index contributed by atoms with van der Waals surface area (Å²) in [6.45, 7) is 3.61. The minimum atomic E-state index is -0.456. The molecule has 1 saturated heterocycles. The van der Waals surface area contributed by atoms with Crippen molar-refractivity contribution in [2.24, 2.45) is 5.92 Å². The van der Waals surface area contributed by atoms with E-state index in [0.717, 1.165) is 46.4 Å². The Hall–Kier alpha value is -3.19. The zero-order chi connectivity index (χ0) is 30.4. The van der Waals surface area contributed by atoms with Gasteiger partial charge in [-0.3, -0.25) is 0 Å². The maximum atomic E-state index is 10.1. The molecule has 5 nitrogen and oxygen atoms in total. The zero-order valence-corrected chi connectivity index (χ0v) is 26.0. The molecule has 1 heterocycles. The molecule has 6 heteroatoms. The lowest BCUT2D eigenvalue weighted by atomic mass is 9.61. The van der Waals surface area contributed by atoms with Gasteiger partial charge in [0.2, 0.25) is 0 Å². The quantitative estimate of drug-likeness (QED) is 0.165. The number of halogens is 1. The molecule has 0 amide bonds. The molecule has 5 unspecified atom stereocenters. The van der Waals surface area contributed by atoms with Gasteiger partial charge in [-0.25, -0.2) is 0 Å². The number of hydrogen-bond acceptors (Lipinski definition) is 5. The third-order valence-electron chi connectivity index (χ3n) is 9.07. The van der Waals surface area contributed by atoms with E-state index in [0.29, 0.717) is 37.7 Å². The maximum Gasteiger partial charge on any atom is 0.119 e. The highest BCUT2D eigenvalue weighted by molar-refractivity contribution is 6.31. The predicted octanol–water partition coefficient (Wildman–Crippen LogP) is 8.10. The highest BCUT2D eigenvalue weighted by Crippen LogP contribution is 2.56. The molecule has 1 N–H and O–H groups in total. The van der Waals surface area contributed by atoms with Crippen LogP contribution in [0.25, 0.3) is 0 Å². The molecule has 2 aliphatic rings. The molecule has 0 radical (unpaired) electrons. The summed E-state index contributed by atoms with van der Waals surface area (Å²) in [5.41, 5.74) is 4.93. The van der Waals surface area contributed by atoms with E-state index in [4.69, 9.17) is 30.5 Å². The predicted molar refractivity (Wildman–Crippen MR) is 173 cm³/mol.